The number of benzene rings is 1. The van der Waals surface area contributed by atoms with Gasteiger partial charge in [0.05, 0.1) is 18.1 Å². The summed E-state index contributed by atoms with van der Waals surface area (Å²) >= 11 is 0. The highest BCUT2D eigenvalue weighted by Crippen LogP contribution is 2.44. The highest BCUT2D eigenvalue weighted by Gasteiger charge is 2.43. The molecule has 1 amide bonds. The molecule has 3 heterocycles. The van der Waals surface area contributed by atoms with Crippen LogP contribution in [0.5, 0.6) is 11.5 Å². The Morgan fingerprint density at radius 1 is 1.07 bits per heavy atom. The maximum atomic E-state index is 13.2. The standard InChI is InChI=1S/C18H14F2N4O4/c1-8-4-13-14(28-18(19,20)27-13)5-11(8)12-6-22-15(7-21-12)24-17(25)16-9(2)26-10(3)23-16/h4-7H,1-3H3,(H,22,24,25). The Labute approximate surface area is 157 Å². The minimum atomic E-state index is -3.69. The number of amides is 1. The van der Waals surface area contributed by atoms with Gasteiger partial charge in [-0.3, -0.25) is 9.78 Å². The molecule has 1 aliphatic rings. The number of hydrogen-bond donors (Lipinski definition) is 1. The van der Waals surface area contributed by atoms with Gasteiger partial charge in [-0.25, -0.2) is 9.97 Å². The van der Waals surface area contributed by atoms with Crippen molar-refractivity contribution < 1.29 is 27.5 Å². The van der Waals surface area contributed by atoms with E-state index in [1.54, 1.807) is 20.8 Å². The molecule has 8 nitrogen and oxygen atoms in total. The summed E-state index contributed by atoms with van der Waals surface area (Å²) in [5, 5.41) is 2.58. The number of nitrogens with zero attached hydrogens (tertiary/aromatic N) is 3. The molecule has 10 heteroatoms. The lowest BCUT2D eigenvalue weighted by atomic mass is 10.1. The maximum Gasteiger partial charge on any atom is 0.586 e. The molecule has 4 rings (SSSR count). The molecule has 1 aliphatic heterocycles. The van der Waals surface area contributed by atoms with Crippen LogP contribution in [0.3, 0.4) is 0 Å². The van der Waals surface area contributed by atoms with E-state index in [4.69, 9.17) is 4.42 Å². The summed E-state index contributed by atoms with van der Waals surface area (Å²) in [6, 6.07) is 2.86. The van der Waals surface area contributed by atoms with Gasteiger partial charge in [-0.2, -0.15) is 0 Å². The summed E-state index contributed by atoms with van der Waals surface area (Å²) in [5.41, 5.74) is 1.79. The first-order valence-corrected chi connectivity index (χ1v) is 8.20. The molecule has 2 aromatic heterocycles. The van der Waals surface area contributed by atoms with Crippen molar-refractivity contribution in [3.05, 3.63) is 47.4 Å². The predicted molar refractivity (Wildman–Crippen MR) is 92.3 cm³/mol. The average Bonchev–Trinajstić information content (AvgIpc) is 3.11. The Morgan fingerprint density at radius 2 is 1.79 bits per heavy atom. The van der Waals surface area contributed by atoms with Crippen LogP contribution in [-0.2, 0) is 0 Å². The maximum absolute atomic E-state index is 13.2. The number of fused-ring (bicyclic) bond motifs is 1. The number of aryl methyl sites for hydroxylation is 3. The van der Waals surface area contributed by atoms with Gasteiger partial charge in [0.2, 0.25) is 0 Å². The number of aromatic nitrogens is 3. The third-order valence-electron chi connectivity index (χ3n) is 4.04. The molecule has 0 saturated heterocycles. The van der Waals surface area contributed by atoms with E-state index in [2.05, 4.69) is 29.7 Å². The second kappa shape index (κ2) is 6.25. The van der Waals surface area contributed by atoms with Crippen molar-refractivity contribution in [2.24, 2.45) is 0 Å². The number of alkyl halides is 2. The van der Waals surface area contributed by atoms with Crippen LogP contribution in [0.25, 0.3) is 11.3 Å². The Balaban J connectivity index is 1.56. The van der Waals surface area contributed by atoms with Gasteiger partial charge in [-0.05, 0) is 31.5 Å². The quantitative estimate of drug-likeness (QED) is 0.731. The number of oxazole rings is 1. The number of nitrogens with one attached hydrogen (secondary N) is 1. The Bertz CT molecular complexity index is 1080. The first kappa shape index (κ1) is 17.8. The fourth-order valence-electron chi connectivity index (χ4n) is 2.82. The predicted octanol–water partition coefficient (Wildman–Crippen LogP) is 3.63. The zero-order chi connectivity index (χ0) is 20.1. The third-order valence-corrected chi connectivity index (χ3v) is 4.04. The molecular weight excluding hydrogens is 374 g/mol. The largest absolute Gasteiger partial charge is 0.586 e. The van der Waals surface area contributed by atoms with E-state index < -0.39 is 12.2 Å². The molecule has 1 aromatic carbocycles. The average molecular weight is 388 g/mol. The topological polar surface area (TPSA) is 99.4 Å². The SMILES string of the molecule is Cc1nc(C(=O)Nc2cnc(-c3cc4c(cc3C)OC(F)(F)O4)cn2)c(C)o1. The molecule has 0 atom stereocenters. The number of carbonyl (C=O) groups is 1. The summed E-state index contributed by atoms with van der Waals surface area (Å²) in [7, 11) is 0. The summed E-state index contributed by atoms with van der Waals surface area (Å²) in [5.74, 6) is 0.389. The van der Waals surface area contributed by atoms with Gasteiger partial charge in [0.1, 0.15) is 5.76 Å². The van der Waals surface area contributed by atoms with Crippen LogP contribution in [0, 0.1) is 20.8 Å². The zero-order valence-corrected chi connectivity index (χ0v) is 15.0. The number of hydrogen-bond acceptors (Lipinski definition) is 7. The Hall–Kier alpha value is -3.56. The molecule has 3 aromatic rings. The second-order valence-electron chi connectivity index (χ2n) is 6.16. The molecular formula is C18H14F2N4O4. The van der Waals surface area contributed by atoms with Crippen LogP contribution in [0.2, 0.25) is 0 Å². The molecule has 0 aliphatic carbocycles. The monoisotopic (exact) mass is 388 g/mol. The molecule has 0 bridgehead atoms. The molecule has 0 saturated carbocycles. The lowest BCUT2D eigenvalue weighted by Crippen LogP contribution is -2.25. The van der Waals surface area contributed by atoms with Crippen molar-refractivity contribution in [3.8, 4) is 22.8 Å². The molecule has 144 valence electrons. The highest BCUT2D eigenvalue weighted by molar-refractivity contribution is 6.02. The molecule has 0 unspecified atom stereocenters. The molecule has 0 fully saturated rings. The number of ether oxygens (including phenoxy) is 2. The van der Waals surface area contributed by atoms with E-state index >= 15 is 0 Å². The van der Waals surface area contributed by atoms with Gasteiger partial charge in [0, 0.05) is 12.5 Å². The van der Waals surface area contributed by atoms with Gasteiger partial charge in [0.15, 0.2) is 28.9 Å². The van der Waals surface area contributed by atoms with Crippen LogP contribution in [0.1, 0.15) is 27.7 Å². The molecule has 0 spiro atoms. The van der Waals surface area contributed by atoms with Crippen LogP contribution in [0.15, 0.2) is 28.9 Å². The number of anilines is 1. The van der Waals surface area contributed by atoms with E-state index in [0.29, 0.717) is 28.5 Å². The van der Waals surface area contributed by atoms with Gasteiger partial charge < -0.3 is 19.2 Å². The van der Waals surface area contributed by atoms with Crippen molar-refractivity contribution in [2.45, 2.75) is 27.1 Å². The van der Waals surface area contributed by atoms with Crippen LogP contribution >= 0.6 is 0 Å². The smallest absolute Gasteiger partial charge is 0.445 e. The van der Waals surface area contributed by atoms with E-state index in [-0.39, 0.29) is 23.0 Å². The van der Waals surface area contributed by atoms with Crippen LogP contribution < -0.4 is 14.8 Å². The van der Waals surface area contributed by atoms with Gasteiger partial charge in [-0.1, -0.05) is 0 Å². The van der Waals surface area contributed by atoms with E-state index in [1.807, 2.05) is 0 Å². The molecule has 0 radical (unpaired) electrons. The van der Waals surface area contributed by atoms with Crippen LogP contribution in [0.4, 0.5) is 14.6 Å². The fourth-order valence-corrected chi connectivity index (χ4v) is 2.82. The van der Waals surface area contributed by atoms with Crippen molar-refractivity contribution in [2.75, 3.05) is 5.32 Å². The van der Waals surface area contributed by atoms with Crippen molar-refractivity contribution >= 4 is 11.7 Å². The third kappa shape index (κ3) is 3.24. The van der Waals surface area contributed by atoms with Crippen molar-refractivity contribution in [3.63, 3.8) is 0 Å². The Morgan fingerprint density at radius 3 is 2.39 bits per heavy atom. The van der Waals surface area contributed by atoms with E-state index in [1.165, 1.54) is 24.5 Å². The zero-order valence-electron chi connectivity index (χ0n) is 15.0. The van der Waals surface area contributed by atoms with Gasteiger partial charge in [0.25, 0.3) is 5.91 Å². The van der Waals surface area contributed by atoms with Gasteiger partial charge in [-0.15, -0.1) is 8.78 Å². The normalized spacial score (nSPS) is 14.2. The lowest BCUT2D eigenvalue weighted by Gasteiger charge is -2.07. The fraction of sp³-hybridized carbons (Fsp3) is 0.222. The molecule has 28 heavy (non-hydrogen) atoms. The van der Waals surface area contributed by atoms with Crippen molar-refractivity contribution in [1.82, 2.24) is 15.0 Å². The number of rotatable bonds is 3. The van der Waals surface area contributed by atoms with E-state index in [0.717, 1.165) is 0 Å². The minimum absolute atomic E-state index is 0.0404. The molecule has 1 N–H and O–H groups in total. The summed E-state index contributed by atoms with van der Waals surface area (Å²) in [4.78, 5) is 24.6. The summed E-state index contributed by atoms with van der Waals surface area (Å²) in [6.45, 7) is 5.00. The van der Waals surface area contributed by atoms with E-state index in [9.17, 15) is 13.6 Å². The Kier molecular flexibility index (Phi) is 3.98. The first-order valence-electron chi connectivity index (χ1n) is 8.20. The van der Waals surface area contributed by atoms with Gasteiger partial charge >= 0.3 is 6.29 Å². The van der Waals surface area contributed by atoms with Crippen molar-refractivity contribution in [1.29, 1.82) is 0 Å². The second-order valence-corrected chi connectivity index (χ2v) is 6.16. The minimum Gasteiger partial charge on any atom is -0.445 e. The van der Waals surface area contributed by atoms with Crippen LogP contribution in [-0.4, -0.2) is 27.2 Å². The summed E-state index contributed by atoms with van der Waals surface area (Å²) in [6.07, 6.45) is -0.919. The summed E-state index contributed by atoms with van der Waals surface area (Å²) < 4.78 is 40.6. The highest BCUT2D eigenvalue weighted by atomic mass is 19.3. The number of carbonyl (C=O) groups excluding carboxylic acids is 1. The lowest BCUT2D eigenvalue weighted by molar-refractivity contribution is -0.286. The first-order chi connectivity index (χ1) is 13.2. The number of halogens is 2.